The Hall–Kier alpha value is -2.50. The molecule has 2 aromatic carbocycles. The Labute approximate surface area is 114 Å². The number of non-ortho nitro benzene ring substituents is 1. The van der Waals surface area contributed by atoms with E-state index in [9.17, 15) is 18.9 Å². The molecule has 0 aliphatic heterocycles. The lowest BCUT2D eigenvalue weighted by molar-refractivity contribution is -0.384. The molecule has 0 amide bonds. The van der Waals surface area contributed by atoms with Crippen molar-refractivity contribution >= 4 is 5.69 Å². The van der Waals surface area contributed by atoms with Crippen LogP contribution in [0.15, 0.2) is 42.5 Å². The van der Waals surface area contributed by atoms with Crippen molar-refractivity contribution in [2.45, 2.75) is 13.8 Å². The first-order valence-corrected chi connectivity index (χ1v) is 5.93. The molecule has 4 nitrogen and oxygen atoms in total. The zero-order valence-corrected chi connectivity index (χ0v) is 11.0. The molecule has 106 valence electrons. The van der Waals surface area contributed by atoms with Crippen LogP contribution >= 0.6 is 0 Å². The van der Waals surface area contributed by atoms with Crippen LogP contribution in [0.4, 0.5) is 14.5 Å². The minimum absolute atomic E-state index is 0.0954. The van der Waals surface area contributed by atoms with Gasteiger partial charge in [-0.1, -0.05) is 13.8 Å². The molecule has 0 unspecified atom stereocenters. The van der Waals surface area contributed by atoms with E-state index in [-0.39, 0.29) is 17.2 Å². The smallest absolute Gasteiger partial charge is 0.269 e. The fourth-order valence-corrected chi connectivity index (χ4v) is 1.32. The molecule has 2 rings (SSSR count). The van der Waals surface area contributed by atoms with E-state index in [2.05, 4.69) is 0 Å². The first-order valence-electron chi connectivity index (χ1n) is 5.93. The third-order valence-corrected chi connectivity index (χ3v) is 2.17. The molecule has 0 fully saturated rings. The molecule has 0 heterocycles. The van der Waals surface area contributed by atoms with Gasteiger partial charge in [0.05, 0.1) is 4.92 Å². The average Bonchev–Trinajstić information content (AvgIpc) is 2.45. The molecule has 20 heavy (non-hydrogen) atoms. The first-order chi connectivity index (χ1) is 9.56. The van der Waals surface area contributed by atoms with Crippen LogP contribution in [0.2, 0.25) is 0 Å². The molecule has 0 aliphatic carbocycles. The summed E-state index contributed by atoms with van der Waals surface area (Å²) in [6.07, 6.45) is 0. The Morgan fingerprint density at radius 1 is 1.05 bits per heavy atom. The third-order valence-electron chi connectivity index (χ3n) is 2.17. The van der Waals surface area contributed by atoms with Gasteiger partial charge in [-0.05, 0) is 24.3 Å². The molecule has 0 spiro atoms. The van der Waals surface area contributed by atoms with Gasteiger partial charge in [-0.15, -0.1) is 0 Å². The van der Waals surface area contributed by atoms with Gasteiger partial charge in [0, 0.05) is 18.2 Å². The van der Waals surface area contributed by atoms with Crippen molar-refractivity contribution in [1.29, 1.82) is 0 Å². The monoisotopic (exact) mass is 281 g/mol. The molecule has 0 N–H and O–H groups in total. The molecule has 6 heteroatoms. The highest BCUT2D eigenvalue weighted by atomic mass is 19.1. The predicted molar refractivity (Wildman–Crippen MR) is 70.9 cm³/mol. The van der Waals surface area contributed by atoms with Crippen LogP contribution in [-0.2, 0) is 0 Å². The highest BCUT2D eigenvalue weighted by Gasteiger charge is 2.08. The molecule has 0 aromatic heterocycles. The summed E-state index contributed by atoms with van der Waals surface area (Å²) in [7, 11) is 0. The van der Waals surface area contributed by atoms with Crippen LogP contribution in [0.25, 0.3) is 0 Å². The zero-order chi connectivity index (χ0) is 15.1. The molecule has 0 radical (unpaired) electrons. The standard InChI is InChI=1S/C12H7F2NO3.C2H6/c13-8-1-6-12(11(14)7-8)18-10-4-2-9(3-5-10)15(16)17;1-2/h1-7H;1-2H3. The topological polar surface area (TPSA) is 52.4 Å². The van der Waals surface area contributed by atoms with Crippen LogP contribution in [0, 0.1) is 21.7 Å². The minimum Gasteiger partial charge on any atom is -0.454 e. The van der Waals surface area contributed by atoms with E-state index < -0.39 is 16.6 Å². The second-order valence-electron chi connectivity index (χ2n) is 3.43. The lowest BCUT2D eigenvalue weighted by Crippen LogP contribution is -1.91. The van der Waals surface area contributed by atoms with Crippen molar-refractivity contribution in [2.24, 2.45) is 0 Å². The Morgan fingerprint density at radius 3 is 2.15 bits per heavy atom. The number of nitro benzene ring substituents is 1. The molecular formula is C14H13F2NO3. The van der Waals surface area contributed by atoms with E-state index in [0.29, 0.717) is 6.07 Å². The van der Waals surface area contributed by atoms with Crippen LogP contribution in [0.1, 0.15) is 13.8 Å². The first kappa shape index (κ1) is 15.6. The summed E-state index contributed by atoms with van der Waals surface area (Å²) in [6, 6.07) is 8.03. The maximum Gasteiger partial charge on any atom is 0.269 e. The molecule has 2 aromatic rings. The number of benzene rings is 2. The highest BCUT2D eigenvalue weighted by Crippen LogP contribution is 2.26. The Balaban J connectivity index is 0.000000956. The predicted octanol–water partition coefficient (Wildman–Crippen LogP) is 4.69. The van der Waals surface area contributed by atoms with Crippen molar-refractivity contribution in [1.82, 2.24) is 0 Å². The van der Waals surface area contributed by atoms with Crippen LogP contribution in [0.5, 0.6) is 11.5 Å². The molecule has 0 saturated carbocycles. The van der Waals surface area contributed by atoms with Crippen molar-refractivity contribution in [3.63, 3.8) is 0 Å². The van der Waals surface area contributed by atoms with Gasteiger partial charge >= 0.3 is 0 Å². The van der Waals surface area contributed by atoms with E-state index >= 15 is 0 Å². The summed E-state index contributed by atoms with van der Waals surface area (Å²) >= 11 is 0. The summed E-state index contributed by atoms with van der Waals surface area (Å²) in [4.78, 5) is 9.87. The van der Waals surface area contributed by atoms with Crippen LogP contribution in [-0.4, -0.2) is 4.92 Å². The van der Waals surface area contributed by atoms with E-state index in [4.69, 9.17) is 4.74 Å². The van der Waals surface area contributed by atoms with Gasteiger partial charge in [0.2, 0.25) is 0 Å². The van der Waals surface area contributed by atoms with Gasteiger partial charge < -0.3 is 4.74 Å². The lowest BCUT2D eigenvalue weighted by Gasteiger charge is -2.06. The van der Waals surface area contributed by atoms with Crippen LogP contribution < -0.4 is 4.74 Å². The van der Waals surface area contributed by atoms with Gasteiger partial charge in [-0.2, -0.15) is 0 Å². The Bertz CT molecular complexity index is 585. The van der Waals surface area contributed by atoms with Crippen molar-refractivity contribution in [3.8, 4) is 11.5 Å². The summed E-state index contributed by atoms with van der Waals surface area (Å²) in [6.45, 7) is 4.00. The van der Waals surface area contributed by atoms with Gasteiger partial charge in [0.1, 0.15) is 11.6 Å². The quantitative estimate of drug-likeness (QED) is 0.605. The maximum atomic E-state index is 13.3. The normalized spacial score (nSPS) is 9.40. The van der Waals surface area contributed by atoms with E-state index in [1.54, 1.807) is 0 Å². The zero-order valence-electron chi connectivity index (χ0n) is 11.0. The van der Waals surface area contributed by atoms with Gasteiger partial charge in [-0.25, -0.2) is 8.78 Å². The third kappa shape index (κ3) is 4.01. The van der Waals surface area contributed by atoms with E-state index in [0.717, 1.165) is 12.1 Å². The molecular weight excluding hydrogens is 268 g/mol. The number of halogens is 2. The number of hydrogen-bond acceptors (Lipinski definition) is 3. The minimum atomic E-state index is -0.839. The van der Waals surface area contributed by atoms with Crippen molar-refractivity contribution < 1.29 is 18.4 Å². The van der Waals surface area contributed by atoms with Gasteiger partial charge in [-0.3, -0.25) is 10.1 Å². The molecule has 0 aliphatic rings. The maximum absolute atomic E-state index is 13.3. The number of rotatable bonds is 3. The highest BCUT2D eigenvalue weighted by molar-refractivity contribution is 5.38. The summed E-state index contributed by atoms with van der Waals surface area (Å²) in [5.41, 5.74) is -0.0954. The number of hydrogen-bond donors (Lipinski definition) is 0. The second kappa shape index (κ2) is 7.18. The summed E-state index contributed by atoms with van der Waals surface area (Å²) < 4.78 is 31.1. The second-order valence-corrected chi connectivity index (χ2v) is 3.43. The molecule has 0 atom stereocenters. The average molecular weight is 281 g/mol. The lowest BCUT2D eigenvalue weighted by atomic mass is 10.3. The fraction of sp³-hybridized carbons (Fsp3) is 0.143. The number of ether oxygens (including phenoxy) is 1. The molecule has 0 bridgehead atoms. The fourth-order valence-electron chi connectivity index (χ4n) is 1.32. The summed E-state index contributed by atoms with van der Waals surface area (Å²) in [5.74, 6) is -1.46. The largest absolute Gasteiger partial charge is 0.454 e. The SMILES string of the molecule is CC.O=[N+]([O-])c1ccc(Oc2ccc(F)cc2F)cc1. The Kier molecular flexibility index (Phi) is 5.58. The van der Waals surface area contributed by atoms with Gasteiger partial charge in [0.15, 0.2) is 11.6 Å². The van der Waals surface area contributed by atoms with Crippen LogP contribution in [0.3, 0.4) is 0 Å². The number of nitrogens with zero attached hydrogens (tertiary/aromatic N) is 1. The van der Waals surface area contributed by atoms with E-state index in [1.165, 1.54) is 24.3 Å². The summed E-state index contributed by atoms with van der Waals surface area (Å²) in [5, 5.41) is 10.4. The molecule has 0 saturated heterocycles. The van der Waals surface area contributed by atoms with Gasteiger partial charge in [0.25, 0.3) is 5.69 Å². The van der Waals surface area contributed by atoms with Crippen molar-refractivity contribution in [2.75, 3.05) is 0 Å². The number of nitro groups is 1. The van der Waals surface area contributed by atoms with E-state index in [1.807, 2.05) is 13.8 Å². The Morgan fingerprint density at radius 2 is 1.65 bits per heavy atom. The van der Waals surface area contributed by atoms with Crippen molar-refractivity contribution in [3.05, 3.63) is 64.2 Å².